The summed E-state index contributed by atoms with van der Waals surface area (Å²) in [4.78, 5) is 93.7. The molecule has 5 rings (SSSR count). The number of urea groups is 1. The van der Waals surface area contributed by atoms with Gasteiger partial charge in [-0.05, 0) is 30.2 Å². The first-order valence-corrected chi connectivity index (χ1v) is 16.6. The Balaban J connectivity index is 1.42. The number of piperazine rings is 1. The van der Waals surface area contributed by atoms with Gasteiger partial charge in [-0.3, -0.25) is 33.8 Å². The summed E-state index contributed by atoms with van der Waals surface area (Å²) in [5, 5.41) is 38.2. The van der Waals surface area contributed by atoms with E-state index in [2.05, 4.69) is 16.0 Å². The highest BCUT2D eigenvalue weighted by Gasteiger charge is 2.65. The summed E-state index contributed by atoms with van der Waals surface area (Å²) >= 11 is 2.34. The molecule has 2 aromatic rings. The quantitative estimate of drug-likeness (QED) is 0.0196. The van der Waals surface area contributed by atoms with Crippen LogP contribution in [0.25, 0.3) is 0 Å². The molecule has 0 unspecified atom stereocenters. The maximum Gasteiger partial charge on any atom is 0.325 e. The second kappa shape index (κ2) is 13.9. The number of fused-ring (bicyclic) bond motifs is 1. The number of imide groups is 1. The topological polar surface area (TPSA) is 259 Å². The van der Waals surface area contributed by atoms with Crippen molar-refractivity contribution < 1.29 is 53.6 Å². The number of carboxylic acids is 1. The normalized spacial score (nSPS) is 21.0. The number of amides is 7. The van der Waals surface area contributed by atoms with Crippen molar-refractivity contribution in [3.05, 3.63) is 59.6 Å². The molecule has 3 aliphatic heterocycles. The van der Waals surface area contributed by atoms with Crippen molar-refractivity contribution in [2.75, 3.05) is 37.0 Å². The average molecular weight is 715 g/mol. The minimum Gasteiger partial charge on any atom is -0.543 e. The minimum atomic E-state index is -2.20. The van der Waals surface area contributed by atoms with Crippen LogP contribution >= 0.6 is 23.5 Å². The summed E-state index contributed by atoms with van der Waals surface area (Å²) in [6.45, 7) is 1.72. The molecule has 1 aromatic heterocycles. The van der Waals surface area contributed by atoms with E-state index in [-0.39, 0.29) is 43.1 Å². The van der Waals surface area contributed by atoms with Crippen LogP contribution in [0.4, 0.5) is 4.79 Å². The first kappa shape index (κ1) is 34.8. The fourth-order valence-corrected chi connectivity index (χ4v) is 7.89. The van der Waals surface area contributed by atoms with Gasteiger partial charge in [-0.25, -0.2) is 10.6 Å². The molecule has 4 heterocycles. The van der Waals surface area contributed by atoms with Crippen molar-refractivity contribution >= 4 is 65.6 Å². The van der Waals surface area contributed by atoms with E-state index in [9.17, 15) is 48.9 Å². The van der Waals surface area contributed by atoms with Crippen molar-refractivity contribution in [2.24, 2.45) is 0 Å². The molecule has 0 bridgehead atoms. The van der Waals surface area contributed by atoms with Gasteiger partial charge in [-0.2, -0.15) is 0 Å². The number of likely N-dealkylation sites (N-methyl/N-ethyl adjacent to an activating group) is 1. The molecule has 1 aromatic carbocycles. The van der Waals surface area contributed by atoms with Gasteiger partial charge in [0.2, 0.25) is 18.0 Å². The lowest BCUT2D eigenvalue weighted by Gasteiger charge is -2.57. The summed E-state index contributed by atoms with van der Waals surface area (Å²) < 4.78 is 1.33. The van der Waals surface area contributed by atoms with Gasteiger partial charge < -0.3 is 41.0 Å². The van der Waals surface area contributed by atoms with Crippen molar-refractivity contribution in [3.8, 4) is 11.5 Å². The molecule has 7 amide bonds. The third-order valence-electron chi connectivity index (χ3n) is 7.99. The molecule has 3 atom stereocenters. The van der Waals surface area contributed by atoms with Crippen LogP contribution in [0.15, 0.2) is 58.9 Å². The number of nitrogens with zero attached hydrogens (tertiary/aromatic N) is 4. The summed E-state index contributed by atoms with van der Waals surface area (Å²) in [5.41, 5.74) is -2.39. The number of aromatic hydroxyl groups is 2. The second-order valence-electron chi connectivity index (χ2n) is 10.9. The predicted octanol–water partition coefficient (Wildman–Crippen LogP) is -3.19. The molecule has 0 saturated carbocycles. The Hall–Kier alpha value is -5.50. The highest BCUT2D eigenvalue weighted by atomic mass is 32.2. The number of aromatic nitrogens is 1. The number of carbonyl (C=O) groups excluding carboxylic acids is 7. The lowest BCUT2D eigenvalue weighted by atomic mass is 9.94. The van der Waals surface area contributed by atoms with E-state index in [0.29, 0.717) is 10.5 Å². The maximum absolute atomic E-state index is 13.9. The van der Waals surface area contributed by atoms with Crippen molar-refractivity contribution in [3.63, 3.8) is 0 Å². The van der Waals surface area contributed by atoms with E-state index < -0.39 is 69.9 Å². The van der Waals surface area contributed by atoms with Gasteiger partial charge in [-0.1, -0.05) is 10.7 Å². The van der Waals surface area contributed by atoms with Gasteiger partial charge >= 0.3 is 17.8 Å². The lowest BCUT2D eigenvalue weighted by molar-refractivity contribution is -0.639. The van der Waals surface area contributed by atoms with Crippen LogP contribution in [0.3, 0.4) is 0 Å². The first-order chi connectivity index (χ1) is 23.3. The number of nitrogens with two attached hydrogens (primary N) is 1. The molecular weight excluding hydrogens is 684 g/mol. The number of carboxylic acid groups (broad SMARTS) is 1. The predicted molar refractivity (Wildman–Crippen MR) is 168 cm³/mol. The van der Waals surface area contributed by atoms with Crippen LogP contribution in [0.1, 0.15) is 18.5 Å². The molecule has 2 saturated heterocycles. The Kier molecular flexibility index (Phi) is 9.90. The van der Waals surface area contributed by atoms with Gasteiger partial charge in [0.25, 0.3) is 5.91 Å². The highest BCUT2D eigenvalue weighted by molar-refractivity contribution is 8.01. The van der Waals surface area contributed by atoms with Crippen molar-refractivity contribution in [1.29, 1.82) is 0 Å². The zero-order chi connectivity index (χ0) is 35.6. The average Bonchev–Trinajstić information content (AvgIpc) is 3.08. The van der Waals surface area contributed by atoms with E-state index >= 15 is 0 Å². The summed E-state index contributed by atoms with van der Waals surface area (Å²) in [5.74, 6) is -1.24. The Labute approximate surface area is 286 Å². The Morgan fingerprint density at radius 3 is 2.49 bits per heavy atom. The van der Waals surface area contributed by atoms with Crippen LogP contribution in [0, 0.1) is 0 Å². The molecule has 0 radical (unpaired) electrons. The van der Waals surface area contributed by atoms with Crippen LogP contribution < -0.4 is 31.6 Å². The number of nitrogens with one attached hydrogen (secondary N) is 3. The largest absolute Gasteiger partial charge is 0.543 e. The molecule has 2 fully saturated rings. The van der Waals surface area contributed by atoms with E-state index in [1.807, 2.05) is 0 Å². The highest BCUT2D eigenvalue weighted by Crippen LogP contribution is 2.46. The van der Waals surface area contributed by atoms with Gasteiger partial charge in [-0.15, -0.1) is 23.5 Å². The van der Waals surface area contributed by atoms with Gasteiger partial charge in [0.1, 0.15) is 11.4 Å². The standard InChI is InChI=1S/C29H30N8O10S2/c1-2-34-9-10-36(24(43)23(34)42)28(47)32-20(15-3-4-18(39)19(40)11-15)22(41)33-29(31-14-38)26(46)37-21(25(44)45)16(13-49-27(29)37)12-48-17-5-7-35(30)8-6-17/h3-8,11,14,20,27H,2,9-10,12-13,30H2,1H3,(H5-,31,32,33,38,39,40,41,42,43,44,45,47)/t20-,27-,29-/m1/s1. The molecule has 18 nitrogen and oxygen atoms in total. The van der Waals surface area contributed by atoms with E-state index in [4.69, 9.17) is 5.84 Å². The number of carbonyl (C=O) groups is 7. The van der Waals surface area contributed by atoms with Crippen LogP contribution in [0.2, 0.25) is 0 Å². The Bertz CT molecular complexity index is 1770. The smallest absolute Gasteiger partial charge is 0.325 e. The molecule has 49 heavy (non-hydrogen) atoms. The number of hydrogen-bond donors (Lipinski definition) is 6. The van der Waals surface area contributed by atoms with E-state index in [1.165, 1.54) is 27.4 Å². The zero-order valence-corrected chi connectivity index (χ0v) is 27.3. The molecule has 0 aliphatic carbocycles. The fraction of sp³-hybridized carbons (Fsp3) is 0.310. The summed E-state index contributed by atoms with van der Waals surface area (Å²) in [6.07, 6.45) is 3.34. The Morgan fingerprint density at radius 1 is 1.14 bits per heavy atom. The summed E-state index contributed by atoms with van der Waals surface area (Å²) in [7, 11) is 0. The molecule has 3 aliphatic rings. The third-order valence-corrected chi connectivity index (χ3v) is 10.5. The lowest BCUT2D eigenvalue weighted by Crippen LogP contribution is -2.85. The summed E-state index contributed by atoms with van der Waals surface area (Å²) in [6, 6.07) is 3.66. The molecule has 258 valence electrons. The number of benzene rings is 1. The monoisotopic (exact) mass is 714 g/mol. The zero-order valence-electron chi connectivity index (χ0n) is 25.7. The number of rotatable bonds is 11. The van der Waals surface area contributed by atoms with E-state index in [1.54, 1.807) is 31.5 Å². The number of aliphatic carboxylic acids is 1. The number of hydrogen-bond acceptors (Lipinski definition) is 13. The number of thioether (sulfide) groups is 2. The third kappa shape index (κ3) is 6.51. The van der Waals surface area contributed by atoms with Crippen molar-refractivity contribution in [2.45, 2.75) is 28.9 Å². The Morgan fingerprint density at radius 2 is 1.86 bits per heavy atom. The molecular formula is C29H30N8O10S2. The second-order valence-corrected chi connectivity index (χ2v) is 13.0. The van der Waals surface area contributed by atoms with Crippen LogP contribution in [0.5, 0.6) is 11.5 Å². The van der Waals surface area contributed by atoms with Gasteiger partial charge in [0.15, 0.2) is 23.9 Å². The number of β-lactam (4-membered cyclic amide) rings is 1. The van der Waals surface area contributed by atoms with E-state index in [0.717, 1.165) is 33.7 Å². The maximum atomic E-state index is 13.9. The number of phenols is 2. The molecule has 7 N–H and O–H groups in total. The van der Waals surface area contributed by atoms with Gasteiger partial charge in [0, 0.05) is 48.2 Å². The van der Waals surface area contributed by atoms with Crippen molar-refractivity contribution in [1.82, 2.24) is 30.7 Å². The minimum absolute atomic E-state index is 0.0365. The molecule has 20 heteroatoms. The van der Waals surface area contributed by atoms with Crippen LogP contribution in [-0.4, -0.2) is 109 Å². The number of nitrogen functional groups attached to an aromatic ring is 1. The number of pyridine rings is 1. The van der Waals surface area contributed by atoms with Crippen LogP contribution in [-0.2, 0) is 28.8 Å². The SMILES string of the molecule is CCN1CCN(C(=O)N[C@@H](C(=O)N[C@]2(NC=O)C(=O)N3C(C(=O)[O-])=C(CSc4cc[n+](N)cc4)CS[C@@H]32)c2ccc(O)c(O)c2)C(=O)C1=O. The molecule has 0 spiro atoms. The first-order valence-electron chi connectivity index (χ1n) is 14.6. The van der Waals surface area contributed by atoms with Gasteiger partial charge in [0.05, 0.1) is 11.7 Å². The number of phenolic OH excluding ortho intramolecular Hbond substituents is 2. The fourth-order valence-electron chi connectivity index (χ4n) is 5.45.